The Bertz CT molecular complexity index is 350. The van der Waals surface area contributed by atoms with Gasteiger partial charge < -0.3 is 0 Å². The van der Waals surface area contributed by atoms with E-state index in [-0.39, 0.29) is 10.7 Å². The molecule has 0 aromatic carbocycles. The molecule has 1 saturated carbocycles. The third-order valence-corrected chi connectivity index (χ3v) is 6.05. The van der Waals surface area contributed by atoms with Gasteiger partial charge in [-0.1, -0.05) is 32.6 Å². The van der Waals surface area contributed by atoms with Crippen molar-refractivity contribution in [3.05, 3.63) is 21.9 Å². The number of hydrogen-bond donors (Lipinski definition) is 1. The zero-order valence-electron chi connectivity index (χ0n) is 12.0. The molecular weight excluding hydrogens is 238 g/mol. The zero-order chi connectivity index (χ0) is 12.8. The lowest BCUT2D eigenvalue weighted by atomic mass is 9.84. The maximum atomic E-state index is 3.66. The van der Waals surface area contributed by atoms with Crippen LogP contribution in [0.4, 0.5) is 0 Å². The molecule has 1 heterocycles. The van der Waals surface area contributed by atoms with E-state index in [1.165, 1.54) is 51.4 Å². The summed E-state index contributed by atoms with van der Waals surface area (Å²) < 4.78 is 3.66. The van der Waals surface area contributed by atoms with Crippen molar-refractivity contribution < 1.29 is 0 Å². The first-order valence-corrected chi connectivity index (χ1v) is 9.03. The van der Waals surface area contributed by atoms with Crippen LogP contribution in [-0.4, -0.2) is 6.54 Å². The van der Waals surface area contributed by atoms with Crippen molar-refractivity contribution in [3.8, 4) is 0 Å². The molecule has 1 atom stereocenters. The number of hydrogen-bond acceptors (Lipinski definition) is 1. The Kier molecular flexibility index (Phi) is 5.71. The van der Waals surface area contributed by atoms with Crippen molar-refractivity contribution in [2.75, 3.05) is 11.3 Å². The zero-order valence-corrected chi connectivity index (χ0v) is 12.8. The lowest BCUT2D eigenvalue weighted by Crippen LogP contribution is -2.06. The lowest BCUT2D eigenvalue weighted by molar-refractivity contribution is 0.442. The van der Waals surface area contributed by atoms with Gasteiger partial charge in [-0.15, -0.1) is 4.72 Å². The highest BCUT2D eigenvalue weighted by molar-refractivity contribution is 7.31. The molecule has 1 N–H and O–H groups in total. The van der Waals surface area contributed by atoms with Gasteiger partial charge in [-0.25, -0.2) is 0 Å². The van der Waals surface area contributed by atoms with Crippen molar-refractivity contribution in [1.82, 2.24) is 0 Å². The largest absolute Gasteiger partial charge is 0.175 e. The van der Waals surface area contributed by atoms with Gasteiger partial charge in [-0.3, -0.25) is 0 Å². The normalized spacial score (nSPS) is 18.2. The van der Waals surface area contributed by atoms with Crippen LogP contribution >= 0.6 is 10.7 Å². The first-order valence-electron chi connectivity index (χ1n) is 7.74. The summed E-state index contributed by atoms with van der Waals surface area (Å²) in [6.07, 6.45) is 11.2. The lowest BCUT2D eigenvalue weighted by Gasteiger charge is -2.20. The van der Waals surface area contributed by atoms with Gasteiger partial charge in [0.15, 0.2) is 10.3 Å². The van der Waals surface area contributed by atoms with Crippen molar-refractivity contribution in [3.63, 3.8) is 0 Å². The summed E-state index contributed by atoms with van der Waals surface area (Å²) in [6, 6.07) is 2.45. The van der Waals surface area contributed by atoms with Crippen LogP contribution < -0.4 is 4.72 Å². The summed E-state index contributed by atoms with van der Waals surface area (Å²) >= 11 is 0. The molecule has 1 aliphatic carbocycles. The van der Waals surface area contributed by atoms with Crippen LogP contribution in [0.1, 0.15) is 75.2 Å². The smallest absolute Gasteiger partial charge is 0.118 e. The predicted octanol–water partition coefficient (Wildman–Crippen LogP) is 5.39. The summed E-state index contributed by atoms with van der Waals surface area (Å²) in [6.45, 7) is 5.60. The van der Waals surface area contributed by atoms with E-state index in [4.69, 9.17) is 0 Å². The Labute approximate surface area is 115 Å². The van der Waals surface area contributed by atoms with Crippen molar-refractivity contribution in [1.29, 1.82) is 0 Å². The molecule has 1 unspecified atom stereocenters. The van der Waals surface area contributed by atoms with Gasteiger partial charge in [0.25, 0.3) is 0 Å². The third-order valence-electron chi connectivity index (χ3n) is 4.07. The van der Waals surface area contributed by atoms with Crippen molar-refractivity contribution >= 4 is 10.7 Å². The quantitative estimate of drug-likeness (QED) is 0.681. The topological polar surface area (TPSA) is 12.0 Å². The van der Waals surface area contributed by atoms with Crippen LogP contribution in [0.2, 0.25) is 0 Å². The minimum Gasteiger partial charge on any atom is -0.118 e. The van der Waals surface area contributed by atoms with Gasteiger partial charge in [0.2, 0.25) is 0 Å². The fourth-order valence-corrected chi connectivity index (χ4v) is 4.98. The van der Waals surface area contributed by atoms with Crippen LogP contribution in [0.15, 0.2) is 11.4 Å². The molecule has 0 bridgehead atoms. The SMILES string of the molecule is CCCCc1c(C2CCCCC2)cc[s+]1NCC. The Hall–Kier alpha value is -0.340. The van der Waals surface area contributed by atoms with E-state index in [0.29, 0.717) is 0 Å². The average molecular weight is 266 g/mol. The maximum absolute atomic E-state index is 3.66. The number of nitrogens with one attached hydrogen (secondary N) is 1. The van der Waals surface area contributed by atoms with E-state index in [0.717, 1.165) is 12.5 Å². The third kappa shape index (κ3) is 3.36. The van der Waals surface area contributed by atoms with Crippen LogP contribution in [0.5, 0.6) is 0 Å². The predicted molar refractivity (Wildman–Crippen MR) is 83.3 cm³/mol. The molecule has 2 rings (SSSR count). The Morgan fingerprint density at radius 2 is 2.00 bits per heavy atom. The van der Waals surface area contributed by atoms with E-state index in [9.17, 15) is 0 Å². The second-order valence-corrected chi connectivity index (χ2v) is 7.18. The van der Waals surface area contributed by atoms with Crippen molar-refractivity contribution in [2.45, 2.75) is 71.1 Å². The summed E-state index contributed by atoms with van der Waals surface area (Å²) in [5.74, 6) is 0.873. The summed E-state index contributed by atoms with van der Waals surface area (Å²) in [5, 5.41) is 2.43. The van der Waals surface area contributed by atoms with Crippen LogP contribution in [0, 0.1) is 0 Å². The van der Waals surface area contributed by atoms with E-state index < -0.39 is 0 Å². The van der Waals surface area contributed by atoms with E-state index in [1.54, 1.807) is 10.4 Å². The molecule has 0 amide bonds. The Morgan fingerprint density at radius 3 is 2.67 bits per heavy atom. The van der Waals surface area contributed by atoms with Gasteiger partial charge in [0.1, 0.15) is 0 Å². The minimum atomic E-state index is 0.251. The second kappa shape index (κ2) is 7.30. The monoisotopic (exact) mass is 266 g/mol. The van der Waals surface area contributed by atoms with Crippen molar-refractivity contribution in [2.24, 2.45) is 0 Å². The molecule has 1 aromatic rings. The van der Waals surface area contributed by atoms with Gasteiger partial charge in [-0.05, 0) is 32.1 Å². The molecule has 0 radical (unpaired) electrons. The summed E-state index contributed by atoms with van der Waals surface area (Å²) in [7, 11) is 0.251. The first-order chi connectivity index (χ1) is 8.86. The Balaban J connectivity index is 2.16. The highest BCUT2D eigenvalue weighted by Crippen LogP contribution is 2.39. The summed E-state index contributed by atoms with van der Waals surface area (Å²) in [5.41, 5.74) is 1.72. The standard InChI is InChI=1S/C16H28NS/c1-3-5-11-16-15(12-13-18(16)17-4-2)14-9-7-6-8-10-14/h12-14,17H,3-11H2,1-2H3/q+1. The second-order valence-electron chi connectivity index (χ2n) is 5.46. The number of unbranched alkanes of at least 4 members (excludes halogenated alkanes) is 1. The maximum Gasteiger partial charge on any atom is 0.175 e. The molecule has 2 heteroatoms. The molecule has 1 fully saturated rings. The fourth-order valence-electron chi connectivity index (χ4n) is 3.10. The molecule has 18 heavy (non-hydrogen) atoms. The molecule has 1 aromatic heterocycles. The van der Waals surface area contributed by atoms with Crippen LogP contribution in [-0.2, 0) is 6.42 Å². The Morgan fingerprint density at radius 1 is 1.22 bits per heavy atom. The van der Waals surface area contributed by atoms with Gasteiger partial charge in [-0.2, -0.15) is 0 Å². The molecule has 102 valence electrons. The molecule has 0 spiro atoms. The minimum absolute atomic E-state index is 0.251. The molecule has 1 aliphatic rings. The highest BCUT2D eigenvalue weighted by Gasteiger charge is 2.26. The average Bonchev–Trinajstić information content (AvgIpc) is 2.81. The van der Waals surface area contributed by atoms with Gasteiger partial charge >= 0.3 is 0 Å². The van der Waals surface area contributed by atoms with Gasteiger partial charge in [0.05, 0.1) is 10.7 Å². The fraction of sp³-hybridized carbons (Fsp3) is 0.750. The number of thiophene rings is 1. The van der Waals surface area contributed by atoms with E-state index in [2.05, 4.69) is 30.0 Å². The molecular formula is C16H28NS+. The van der Waals surface area contributed by atoms with Crippen LogP contribution in [0.25, 0.3) is 0 Å². The van der Waals surface area contributed by atoms with E-state index >= 15 is 0 Å². The highest BCUT2D eigenvalue weighted by atomic mass is 32.2. The molecule has 1 nitrogen and oxygen atoms in total. The number of rotatable bonds is 6. The first kappa shape index (κ1) is 14.1. The van der Waals surface area contributed by atoms with E-state index in [1.807, 2.05) is 0 Å². The van der Waals surface area contributed by atoms with Crippen LogP contribution in [0.3, 0.4) is 0 Å². The molecule has 0 aliphatic heterocycles. The van der Waals surface area contributed by atoms with Gasteiger partial charge in [0, 0.05) is 24.6 Å². The summed E-state index contributed by atoms with van der Waals surface area (Å²) in [4.78, 5) is 1.74. The molecule has 0 saturated heterocycles.